The zero-order valence-electron chi connectivity index (χ0n) is 24.7. The molecule has 1 aliphatic heterocycles. The van der Waals surface area contributed by atoms with E-state index in [9.17, 15) is 9.18 Å². The maximum Gasteiger partial charge on any atom is 0.410 e. The standard InChI is InChI=1S/C31H31FN6O4S2/c1-18-26-25(9-12-33-28(26)42-37-18)44-22-15-24(40-21-7-5-20(32)6-8-21)27(34-16-22)36-29-35-23(17-43-29)19-10-13-38(14-11-19)30(39)41-31(2,3)4/h5-9,12,15-17,19H,10-11,13-14H2,1-4H3,(H,34,35,36). The zero-order valence-corrected chi connectivity index (χ0v) is 26.3. The van der Waals surface area contributed by atoms with Crippen LogP contribution in [-0.4, -0.2) is 49.8 Å². The monoisotopic (exact) mass is 634 g/mol. The fourth-order valence-electron chi connectivity index (χ4n) is 4.80. The van der Waals surface area contributed by atoms with Crippen molar-refractivity contribution >= 4 is 51.2 Å². The van der Waals surface area contributed by atoms with E-state index < -0.39 is 5.60 Å². The second kappa shape index (κ2) is 12.4. The summed E-state index contributed by atoms with van der Waals surface area (Å²) in [5, 5.41) is 10.9. The van der Waals surface area contributed by atoms with E-state index >= 15 is 0 Å². The Morgan fingerprint density at radius 3 is 2.68 bits per heavy atom. The molecule has 0 radical (unpaired) electrons. The van der Waals surface area contributed by atoms with Crippen molar-refractivity contribution in [2.75, 3.05) is 18.4 Å². The number of aromatic nitrogens is 4. The van der Waals surface area contributed by atoms with Crippen LogP contribution in [0.5, 0.6) is 11.5 Å². The first kappa shape index (κ1) is 29.8. The van der Waals surface area contributed by atoms with Crippen molar-refractivity contribution in [3.8, 4) is 11.5 Å². The van der Waals surface area contributed by atoms with E-state index in [2.05, 4.69) is 20.4 Å². The molecule has 0 bridgehead atoms. The number of halogens is 1. The average Bonchev–Trinajstić information content (AvgIpc) is 3.62. The SMILES string of the molecule is Cc1noc2nccc(Sc3cnc(Nc4nc(C5CCN(C(=O)OC(C)(C)C)CC5)cs4)c(Oc4ccc(F)cc4)c3)c12. The summed E-state index contributed by atoms with van der Waals surface area (Å²) in [7, 11) is 0. The average molecular weight is 635 g/mol. The highest BCUT2D eigenvalue weighted by atomic mass is 32.2. The Labute approximate surface area is 262 Å². The number of carbonyl (C=O) groups is 1. The Kier molecular flexibility index (Phi) is 8.41. The van der Waals surface area contributed by atoms with Crippen molar-refractivity contribution in [1.29, 1.82) is 0 Å². The molecule has 13 heteroatoms. The molecule has 10 nitrogen and oxygen atoms in total. The number of likely N-dealkylation sites (tertiary alicyclic amines) is 1. The molecular weight excluding hydrogens is 604 g/mol. The number of anilines is 2. The van der Waals surface area contributed by atoms with Crippen LogP contribution in [0, 0.1) is 12.7 Å². The van der Waals surface area contributed by atoms with Crippen LogP contribution in [0.1, 0.15) is 50.9 Å². The topological polar surface area (TPSA) is 116 Å². The maximum absolute atomic E-state index is 13.6. The van der Waals surface area contributed by atoms with Crippen molar-refractivity contribution < 1.29 is 23.2 Å². The number of pyridine rings is 2. The quantitative estimate of drug-likeness (QED) is 0.187. The van der Waals surface area contributed by atoms with E-state index in [4.69, 9.17) is 19.0 Å². The molecule has 228 valence electrons. The number of amides is 1. The van der Waals surface area contributed by atoms with Crippen LogP contribution in [0.4, 0.5) is 20.1 Å². The summed E-state index contributed by atoms with van der Waals surface area (Å²) >= 11 is 2.96. The third kappa shape index (κ3) is 6.94. The Bertz CT molecular complexity index is 1780. The summed E-state index contributed by atoms with van der Waals surface area (Å²) in [4.78, 5) is 29.7. The summed E-state index contributed by atoms with van der Waals surface area (Å²) in [5.74, 6) is 1.28. The van der Waals surface area contributed by atoms with Gasteiger partial charge in [-0.2, -0.15) is 0 Å². The van der Waals surface area contributed by atoms with Gasteiger partial charge in [-0.3, -0.25) is 0 Å². The van der Waals surface area contributed by atoms with Crippen LogP contribution in [-0.2, 0) is 4.74 Å². The van der Waals surface area contributed by atoms with Gasteiger partial charge in [0, 0.05) is 52.6 Å². The van der Waals surface area contributed by atoms with Gasteiger partial charge in [-0.25, -0.2) is 24.1 Å². The maximum atomic E-state index is 13.6. The summed E-state index contributed by atoms with van der Waals surface area (Å²) in [6.45, 7) is 8.73. The summed E-state index contributed by atoms with van der Waals surface area (Å²) < 4.78 is 30.6. The van der Waals surface area contributed by atoms with E-state index in [1.165, 1.54) is 35.2 Å². The summed E-state index contributed by atoms with van der Waals surface area (Å²) in [6, 6.07) is 9.60. The molecule has 0 atom stereocenters. The normalized spacial score (nSPS) is 14.2. The molecule has 1 saturated heterocycles. The van der Waals surface area contributed by atoms with Gasteiger partial charge in [-0.05, 0) is 70.9 Å². The number of thiazole rings is 1. The van der Waals surface area contributed by atoms with E-state index in [-0.39, 0.29) is 17.8 Å². The molecule has 6 rings (SSSR count). The van der Waals surface area contributed by atoms with Crippen molar-refractivity contribution in [3.05, 3.63) is 71.4 Å². The second-order valence-electron chi connectivity index (χ2n) is 11.4. The molecule has 5 heterocycles. The summed E-state index contributed by atoms with van der Waals surface area (Å²) in [5.41, 5.74) is 1.67. The Morgan fingerprint density at radius 1 is 1.16 bits per heavy atom. The lowest BCUT2D eigenvalue weighted by molar-refractivity contribution is 0.0204. The fourth-order valence-corrected chi connectivity index (χ4v) is 6.58. The molecule has 0 aliphatic carbocycles. The lowest BCUT2D eigenvalue weighted by Crippen LogP contribution is -2.41. The van der Waals surface area contributed by atoms with Crippen LogP contribution >= 0.6 is 23.1 Å². The van der Waals surface area contributed by atoms with Crippen molar-refractivity contribution in [1.82, 2.24) is 25.0 Å². The van der Waals surface area contributed by atoms with Crippen molar-refractivity contribution in [2.45, 2.75) is 61.8 Å². The molecular formula is C31H31FN6O4S2. The first-order chi connectivity index (χ1) is 21.1. The molecule has 1 fully saturated rings. The first-order valence-corrected chi connectivity index (χ1v) is 15.8. The van der Waals surface area contributed by atoms with Gasteiger partial charge in [0.25, 0.3) is 5.71 Å². The van der Waals surface area contributed by atoms with Gasteiger partial charge in [-0.15, -0.1) is 11.3 Å². The number of aryl methyl sites for hydroxylation is 1. The van der Waals surface area contributed by atoms with Gasteiger partial charge in [0.1, 0.15) is 17.2 Å². The molecule has 4 aromatic heterocycles. The first-order valence-electron chi connectivity index (χ1n) is 14.1. The van der Waals surface area contributed by atoms with Crippen molar-refractivity contribution in [3.63, 3.8) is 0 Å². The van der Waals surface area contributed by atoms with Crippen LogP contribution in [0.25, 0.3) is 11.1 Å². The van der Waals surface area contributed by atoms with Gasteiger partial charge < -0.3 is 24.2 Å². The number of hydrogen-bond acceptors (Lipinski definition) is 11. The molecule has 0 spiro atoms. The predicted molar refractivity (Wildman–Crippen MR) is 167 cm³/mol. The van der Waals surface area contributed by atoms with Crippen LogP contribution in [0.2, 0.25) is 0 Å². The molecule has 1 N–H and O–H groups in total. The van der Waals surface area contributed by atoms with E-state index in [1.54, 1.807) is 29.4 Å². The zero-order chi connectivity index (χ0) is 30.8. The number of ether oxygens (including phenoxy) is 2. The van der Waals surface area contributed by atoms with Gasteiger partial charge in [0.15, 0.2) is 16.7 Å². The highest BCUT2D eigenvalue weighted by Crippen LogP contribution is 2.39. The Morgan fingerprint density at radius 2 is 1.93 bits per heavy atom. The molecule has 1 aliphatic rings. The molecule has 0 saturated carbocycles. The molecule has 44 heavy (non-hydrogen) atoms. The minimum absolute atomic E-state index is 0.236. The van der Waals surface area contributed by atoms with E-state index in [0.717, 1.165) is 39.4 Å². The largest absolute Gasteiger partial charge is 0.453 e. The van der Waals surface area contributed by atoms with E-state index in [0.29, 0.717) is 41.3 Å². The lowest BCUT2D eigenvalue weighted by Gasteiger charge is -2.32. The molecule has 5 aromatic rings. The Hall–Kier alpha value is -4.23. The fraction of sp³-hybridized carbons (Fsp3) is 0.323. The number of hydrogen-bond donors (Lipinski definition) is 1. The van der Waals surface area contributed by atoms with Gasteiger partial charge in [0.2, 0.25) is 0 Å². The highest BCUT2D eigenvalue weighted by Gasteiger charge is 2.28. The van der Waals surface area contributed by atoms with Crippen LogP contribution in [0.15, 0.2) is 68.5 Å². The number of benzene rings is 1. The highest BCUT2D eigenvalue weighted by molar-refractivity contribution is 7.99. The van der Waals surface area contributed by atoms with Gasteiger partial charge >= 0.3 is 6.09 Å². The number of piperidine rings is 1. The number of carbonyl (C=O) groups excluding carboxylic acids is 1. The number of rotatable bonds is 7. The second-order valence-corrected chi connectivity index (χ2v) is 13.4. The van der Waals surface area contributed by atoms with Crippen LogP contribution < -0.4 is 10.1 Å². The van der Waals surface area contributed by atoms with Crippen LogP contribution in [0.3, 0.4) is 0 Å². The molecule has 1 aromatic carbocycles. The lowest BCUT2D eigenvalue weighted by atomic mass is 9.94. The smallest absolute Gasteiger partial charge is 0.410 e. The Balaban J connectivity index is 1.20. The van der Waals surface area contributed by atoms with Crippen molar-refractivity contribution in [2.24, 2.45) is 0 Å². The third-order valence-electron chi connectivity index (χ3n) is 6.92. The molecule has 0 unspecified atom stereocenters. The minimum Gasteiger partial charge on any atom is -0.453 e. The molecule has 1 amide bonds. The number of nitrogens with one attached hydrogen (secondary N) is 1. The number of nitrogens with zero attached hydrogens (tertiary/aromatic N) is 5. The van der Waals surface area contributed by atoms with Gasteiger partial charge in [-0.1, -0.05) is 16.9 Å². The number of fused-ring (bicyclic) bond motifs is 1. The predicted octanol–water partition coefficient (Wildman–Crippen LogP) is 8.32. The minimum atomic E-state index is -0.518. The van der Waals surface area contributed by atoms with Gasteiger partial charge in [0.05, 0.1) is 16.8 Å². The van der Waals surface area contributed by atoms with E-state index in [1.807, 2.05) is 45.2 Å². The summed E-state index contributed by atoms with van der Waals surface area (Å²) in [6.07, 6.45) is 4.76. The third-order valence-corrected chi connectivity index (χ3v) is 8.71.